The van der Waals surface area contributed by atoms with E-state index < -0.39 is 29.4 Å². The maximum Gasteiger partial charge on any atom is 0.458 e. The van der Waals surface area contributed by atoms with Crippen LogP contribution >= 0.6 is 0 Å². The highest BCUT2D eigenvalue weighted by atomic mass is 19.4. The number of halogens is 3. The number of carboxylic acids is 1. The predicted octanol–water partition coefficient (Wildman–Crippen LogP) is 1.72. The van der Waals surface area contributed by atoms with Gasteiger partial charge in [0.2, 0.25) is 5.76 Å². The molecule has 0 radical (unpaired) electrons. The largest absolute Gasteiger partial charge is 0.475 e. The molecule has 0 saturated heterocycles. The van der Waals surface area contributed by atoms with Gasteiger partial charge in [0.15, 0.2) is 5.76 Å². The van der Waals surface area contributed by atoms with Crippen LogP contribution in [-0.2, 0) is 0 Å². The molecule has 0 saturated carbocycles. The molecular weight excluding hydrogens is 205 g/mol. The minimum Gasteiger partial charge on any atom is -0.475 e. The zero-order chi connectivity index (χ0) is 10.9. The van der Waals surface area contributed by atoms with Crippen molar-refractivity contribution in [2.75, 3.05) is 0 Å². The van der Waals surface area contributed by atoms with Crippen molar-refractivity contribution in [3.05, 3.63) is 23.7 Å². The molecular formula is C7H3F3O4. The van der Waals surface area contributed by atoms with Gasteiger partial charge in [-0.3, -0.25) is 4.79 Å². The van der Waals surface area contributed by atoms with Gasteiger partial charge in [-0.15, -0.1) is 0 Å². The Morgan fingerprint density at radius 1 is 1.21 bits per heavy atom. The highest BCUT2D eigenvalue weighted by Gasteiger charge is 2.41. The second-order valence-electron chi connectivity index (χ2n) is 2.30. The van der Waals surface area contributed by atoms with E-state index in [2.05, 4.69) is 4.42 Å². The van der Waals surface area contributed by atoms with E-state index >= 15 is 0 Å². The Morgan fingerprint density at radius 3 is 2.07 bits per heavy atom. The van der Waals surface area contributed by atoms with Gasteiger partial charge in [-0.2, -0.15) is 13.2 Å². The van der Waals surface area contributed by atoms with E-state index in [-0.39, 0.29) is 0 Å². The van der Waals surface area contributed by atoms with Crippen LogP contribution in [0.3, 0.4) is 0 Å². The number of hydrogen-bond donors (Lipinski definition) is 1. The second kappa shape index (κ2) is 3.17. The van der Waals surface area contributed by atoms with Crippen LogP contribution in [0.1, 0.15) is 21.1 Å². The first-order valence-corrected chi connectivity index (χ1v) is 3.27. The Hall–Kier alpha value is -1.79. The Bertz CT molecular complexity index is 377. The summed E-state index contributed by atoms with van der Waals surface area (Å²) in [6.45, 7) is 0. The van der Waals surface area contributed by atoms with Gasteiger partial charge in [0.1, 0.15) is 0 Å². The van der Waals surface area contributed by atoms with Crippen LogP contribution in [0.15, 0.2) is 16.5 Å². The number of carbonyl (C=O) groups is 2. The second-order valence-corrected chi connectivity index (χ2v) is 2.30. The van der Waals surface area contributed by atoms with Crippen LogP contribution < -0.4 is 0 Å². The van der Waals surface area contributed by atoms with Crippen molar-refractivity contribution in [3.8, 4) is 0 Å². The zero-order valence-electron chi connectivity index (χ0n) is 6.46. The minimum absolute atomic E-state index is 0.666. The summed E-state index contributed by atoms with van der Waals surface area (Å²) >= 11 is 0. The van der Waals surface area contributed by atoms with E-state index in [1.165, 1.54) is 0 Å². The summed E-state index contributed by atoms with van der Waals surface area (Å²) in [5.74, 6) is -5.48. The molecule has 1 N–H and O–H groups in total. The number of alkyl halides is 3. The number of furan rings is 1. The van der Waals surface area contributed by atoms with Crippen LogP contribution in [-0.4, -0.2) is 23.0 Å². The lowest BCUT2D eigenvalue weighted by molar-refractivity contribution is -0.0899. The standard InChI is InChI=1S/C7H3F3O4/c8-7(9,10)5(11)3-1-2-4(14-3)6(12)13/h1-2H,(H,12,13). The minimum atomic E-state index is -5.06. The van der Waals surface area contributed by atoms with Gasteiger partial charge in [-0.25, -0.2) is 4.79 Å². The molecule has 0 atom stereocenters. The molecule has 1 aromatic rings. The number of carbonyl (C=O) groups excluding carboxylic acids is 1. The molecule has 1 heterocycles. The third-order valence-electron chi connectivity index (χ3n) is 1.30. The molecule has 0 aliphatic carbocycles. The van der Waals surface area contributed by atoms with Crippen molar-refractivity contribution in [2.45, 2.75) is 6.18 Å². The van der Waals surface area contributed by atoms with Gasteiger partial charge in [-0.1, -0.05) is 0 Å². The zero-order valence-corrected chi connectivity index (χ0v) is 6.46. The Labute approximate surface area is 74.9 Å². The summed E-state index contributed by atoms with van der Waals surface area (Å²) in [6, 6.07) is 1.45. The summed E-state index contributed by atoms with van der Waals surface area (Å²) in [4.78, 5) is 20.7. The molecule has 1 aromatic heterocycles. The van der Waals surface area contributed by atoms with E-state index in [9.17, 15) is 22.8 Å². The fourth-order valence-electron chi connectivity index (χ4n) is 0.715. The van der Waals surface area contributed by atoms with Gasteiger partial charge in [-0.05, 0) is 12.1 Å². The van der Waals surface area contributed by atoms with E-state index in [0.717, 1.165) is 6.07 Å². The van der Waals surface area contributed by atoms with E-state index in [0.29, 0.717) is 6.07 Å². The van der Waals surface area contributed by atoms with Gasteiger partial charge in [0.05, 0.1) is 0 Å². The van der Waals surface area contributed by atoms with Crippen molar-refractivity contribution >= 4 is 11.8 Å². The van der Waals surface area contributed by atoms with E-state index in [4.69, 9.17) is 5.11 Å². The summed E-state index contributed by atoms with van der Waals surface area (Å²) in [5, 5.41) is 8.30. The molecule has 0 fully saturated rings. The van der Waals surface area contributed by atoms with E-state index in [1.54, 1.807) is 0 Å². The first-order valence-electron chi connectivity index (χ1n) is 3.27. The highest BCUT2D eigenvalue weighted by Crippen LogP contribution is 2.22. The van der Waals surface area contributed by atoms with Gasteiger partial charge < -0.3 is 9.52 Å². The normalized spacial score (nSPS) is 11.4. The van der Waals surface area contributed by atoms with Gasteiger partial charge in [0.25, 0.3) is 0 Å². The first-order chi connectivity index (χ1) is 6.32. The van der Waals surface area contributed by atoms with E-state index in [1.807, 2.05) is 0 Å². The van der Waals surface area contributed by atoms with Crippen LogP contribution in [0.25, 0.3) is 0 Å². The van der Waals surface area contributed by atoms with Crippen LogP contribution in [0, 0.1) is 0 Å². The Balaban J connectivity index is 2.99. The van der Waals surface area contributed by atoms with Crippen molar-refractivity contribution in [1.82, 2.24) is 0 Å². The third kappa shape index (κ3) is 1.93. The molecule has 7 heteroatoms. The third-order valence-corrected chi connectivity index (χ3v) is 1.30. The number of Topliss-reactive ketones (excluding diaryl/α,β-unsaturated/α-hetero) is 1. The molecule has 0 aromatic carbocycles. The topological polar surface area (TPSA) is 67.5 Å². The van der Waals surface area contributed by atoms with Crippen molar-refractivity contribution in [3.63, 3.8) is 0 Å². The van der Waals surface area contributed by atoms with Gasteiger partial charge >= 0.3 is 17.9 Å². The maximum absolute atomic E-state index is 11.8. The van der Waals surface area contributed by atoms with Crippen molar-refractivity contribution < 1.29 is 32.3 Å². The average Bonchev–Trinajstić information content (AvgIpc) is 2.48. The number of carboxylic acid groups (broad SMARTS) is 1. The first kappa shape index (κ1) is 10.3. The van der Waals surface area contributed by atoms with Crippen LogP contribution in [0.2, 0.25) is 0 Å². The fraction of sp³-hybridized carbons (Fsp3) is 0.143. The molecule has 0 aliphatic rings. The molecule has 0 bridgehead atoms. The van der Waals surface area contributed by atoms with Crippen molar-refractivity contribution in [2.24, 2.45) is 0 Å². The quantitative estimate of drug-likeness (QED) is 0.751. The summed E-state index contributed by atoms with van der Waals surface area (Å²) < 4.78 is 39.5. The molecule has 1 rings (SSSR count). The Kier molecular flexibility index (Phi) is 2.33. The SMILES string of the molecule is O=C(O)c1ccc(C(=O)C(F)(F)F)o1. The molecule has 0 aliphatic heterocycles. The van der Waals surface area contributed by atoms with Crippen LogP contribution in [0.5, 0.6) is 0 Å². The summed E-state index contributed by atoms with van der Waals surface area (Å²) in [6.07, 6.45) is -5.06. The predicted molar refractivity (Wildman–Crippen MR) is 36.1 cm³/mol. The fourth-order valence-corrected chi connectivity index (χ4v) is 0.715. The molecule has 4 nitrogen and oxygen atoms in total. The number of rotatable bonds is 2. The summed E-state index contributed by atoms with van der Waals surface area (Å²) in [7, 11) is 0. The number of hydrogen-bond acceptors (Lipinski definition) is 3. The number of ketones is 1. The molecule has 76 valence electrons. The molecule has 0 amide bonds. The lowest BCUT2D eigenvalue weighted by Crippen LogP contribution is -2.22. The number of aromatic carboxylic acids is 1. The lowest BCUT2D eigenvalue weighted by atomic mass is 10.3. The average molecular weight is 208 g/mol. The van der Waals surface area contributed by atoms with Crippen molar-refractivity contribution in [1.29, 1.82) is 0 Å². The molecule has 0 spiro atoms. The Morgan fingerprint density at radius 2 is 1.71 bits per heavy atom. The molecule has 0 unspecified atom stereocenters. The summed E-state index contributed by atoms with van der Waals surface area (Å²) in [5.41, 5.74) is 0. The monoisotopic (exact) mass is 208 g/mol. The lowest BCUT2D eigenvalue weighted by Gasteiger charge is -2.00. The molecule has 14 heavy (non-hydrogen) atoms. The van der Waals surface area contributed by atoms with Gasteiger partial charge in [0, 0.05) is 0 Å². The maximum atomic E-state index is 11.8. The van der Waals surface area contributed by atoms with Crippen LogP contribution in [0.4, 0.5) is 13.2 Å². The smallest absolute Gasteiger partial charge is 0.458 e. The highest BCUT2D eigenvalue weighted by molar-refractivity contribution is 5.98.